The molecule has 4 heteroatoms. The molecule has 0 fully saturated rings. The van der Waals surface area contributed by atoms with Crippen LogP contribution in [0.3, 0.4) is 0 Å². The Hall–Kier alpha value is -4.77. The number of hydrogen-bond donors (Lipinski definition) is 0. The van der Waals surface area contributed by atoms with Gasteiger partial charge in [-0.15, -0.1) is 0 Å². The lowest BCUT2D eigenvalue weighted by atomic mass is 9.63. The van der Waals surface area contributed by atoms with Crippen LogP contribution in [-0.4, -0.2) is 0 Å². The monoisotopic (exact) mass is 726 g/mol. The van der Waals surface area contributed by atoms with Gasteiger partial charge in [-0.1, -0.05) is 157 Å². The fraction of sp³-hybridized carbons (Fsp3) is 0.0870. The van der Waals surface area contributed by atoms with Crippen LogP contribution in [0.1, 0.15) is 66.8 Å². The third kappa shape index (κ3) is 3.24. The number of hydrogen-bond acceptors (Lipinski definition) is 2. The highest BCUT2D eigenvalue weighted by molar-refractivity contribution is 9.10. The molecule has 4 heterocycles. The first-order valence-electron chi connectivity index (χ1n) is 17.0. The zero-order valence-corrected chi connectivity index (χ0v) is 29.1. The van der Waals surface area contributed by atoms with Gasteiger partial charge in [0.25, 0.3) is 0 Å². The first-order chi connectivity index (χ1) is 24.5. The molecule has 0 spiro atoms. The Labute approximate surface area is 304 Å². The van der Waals surface area contributed by atoms with Crippen LogP contribution >= 0.6 is 27.5 Å². The fourth-order valence-corrected chi connectivity index (χ4v) is 10.1. The molecule has 4 bridgehead atoms. The van der Waals surface area contributed by atoms with E-state index in [9.17, 15) is 0 Å². The Morgan fingerprint density at radius 2 is 0.620 bits per heavy atom. The number of fused-ring (bicyclic) bond motifs is 16. The molecule has 238 valence electrons. The van der Waals surface area contributed by atoms with Crippen molar-refractivity contribution in [2.45, 2.75) is 22.4 Å². The molecule has 4 aliphatic heterocycles. The van der Waals surface area contributed by atoms with E-state index in [1.807, 2.05) is 0 Å². The van der Waals surface area contributed by atoms with Crippen molar-refractivity contribution in [2.75, 3.05) is 0 Å². The largest absolute Gasteiger partial charge is 0.340 e. The molecule has 0 N–H and O–H groups in total. The number of rotatable bonds is 4. The van der Waals surface area contributed by atoms with E-state index in [0.717, 1.165) is 60.1 Å². The highest BCUT2D eigenvalue weighted by atomic mass is 79.9. The van der Waals surface area contributed by atoms with Crippen LogP contribution in [0.25, 0.3) is 0 Å². The van der Waals surface area contributed by atoms with E-state index >= 15 is 0 Å². The minimum Gasteiger partial charge on any atom is -0.340 e. The maximum Gasteiger partial charge on any atom is 0.146 e. The summed E-state index contributed by atoms with van der Waals surface area (Å²) in [5.74, 6) is 0. The van der Waals surface area contributed by atoms with E-state index in [2.05, 4.69) is 186 Å². The maximum absolute atomic E-state index is 7.77. The van der Waals surface area contributed by atoms with Gasteiger partial charge < -0.3 is 9.47 Å². The second-order valence-electron chi connectivity index (χ2n) is 13.7. The van der Waals surface area contributed by atoms with Gasteiger partial charge in [-0.3, -0.25) is 0 Å². The molecule has 7 aromatic rings. The summed E-state index contributed by atoms with van der Waals surface area (Å²) in [5.41, 5.74) is 9.89. The van der Waals surface area contributed by atoms with Crippen LogP contribution in [0.5, 0.6) is 0 Å². The molecule has 2 nitrogen and oxygen atoms in total. The molecule has 0 saturated carbocycles. The fourth-order valence-electron chi connectivity index (χ4n) is 9.64. The van der Waals surface area contributed by atoms with Gasteiger partial charge in [0, 0.05) is 37.9 Å². The van der Waals surface area contributed by atoms with Gasteiger partial charge in [0.05, 0.1) is 5.02 Å². The highest BCUT2D eigenvalue weighted by Gasteiger charge is 2.69. The molecule has 0 radical (unpaired) electrons. The summed E-state index contributed by atoms with van der Waals surface area (Å²) in [4.78, 5) is 0. The molecule has 0 aromatic heterocycles. The van der Waals surface area contributed by atoms with Gasteiger partial charge in [0.1, 0.15) is 22.4 Å². The van der Waals surface area contributed by atoms with Crippen LogP contribution in [0, 0.1) is 0 Å². The summed E-state index contributed by atoms with van der Waals surface area (Å²) in [6.45, 7) is 0. The van der Waals surface area contributed by atoms with E-state index in [1.54, 1.807) is 0 Å². The first-order valence-corrected chi connectivity index (χ1v) is 18.1. The molecule has 0 amide bonds. The highest BCUT2D eigenvalue weighted by Crippen LogP contribution is 2.71. The summed E-state index contributed by atoms with van der Waals surface area (Å²) >= 11 is 10.8. The third-order valence-electron chi connectivity index (χ3n) is 11.5. The number of ether oxygens (including phenoxy) is 2. The van der Waals surface area contributed by atoms with Gasteiger partial charge in [-0.25, -0.2) is 0 Å². The van der Waals surface area contributed by atoms with Gasteiger partial charge >= 0.3 is 0 Å². The molecule has 50 heavy (non-hydrogen) atoms. The third-order valence-corrected chi connectivity index (χ3v) is 12.7. The lowest BCUT2D eigenvalue weighted by molar-refractivity contribution is -0.0296. The average Bonchev–Trinajstić information content (AvgIpc) is 3.87. The van der Waals surface area contributed by atoms with E-state index in [1.165, 1.54) is 11.1 Å². The van der Waals surface area contributed by atoms with Crippen molar-refractivity contribution in [3.05, 3.63) is 246 Å². The topological polar surface area (TPSA) is 18.5 Å². The van der Waals surface area contributed by atoms with Crippen molar-refractivity contribution in [3.8, 4) is 0 Å². The lowest BCUT2D eigenvalue weighted by Gasteiger charge is -2.35. The Morgan fingerprint density at radius 3 is 0.980 bits per heavy atom. The van der Waals surface area contributed by atoms with E-state index in [4.69, 9.17) is 21.1 Å². The summed E-state index contributed by atoms with van der Waals surface area (Å²) in [7, 11) is 0. The van der Waals surface area contributed by atoms with Crippen molar-refractivity contribution in [1.29, 1.82) is 0 Å². The maximum atomic E-state index is 7.77. The van der Waals surface area contributed by atoms with Crippen LogP contribution in [0.2, 0.25) is 5.02 Å². The Kier molecular flexibility index (Phi) is 5.76. The van der Waals surface area contributed by atoms with E-state index in [-0.39, 0.29) is 0 Å². The Bertz CT molecular complexity index is 2350. The van der Waals surface area contributed by atoms with Gasteiger partial charge in [0.2, 0.25) is 0 Å². The van der Waals surface area contributed by atoms with Crippen LogP contribution < -0.4 is 0 Å². The average molecular weight is 728 g/mol. The van der Waals surface area contributed by atoms with Gasteiger partial charge in [-0.2, -0.15) is 0 Å². The second-order valence-corrected chi connectivity index (χ2v) is 15.0. The molecular weight excluding hydrogens is 700 g/mol. The zero-order chi connectivity index (χ0) is 33.3. The van der Waals surface area contributed by atoms with Crippen LogP contribution in [0.4, 0.5) is 0 Å². The lowest BCUT2D eigenvalue weighted by Crippen LogP contribution is -2.32. The molecule has 7 aromatic carbocycles. The summed E-state index contributed by atoms with van der Waals surface area (Å²) < 4.78 is 16.4. The smallest absolute Gasteiger partial charge is 0.146 e. The number of halogens is 2. The molecule has 4 aliphatic rings. The Morgan fingerprint density at radius 1 is 0.340 bits per heavy atom. The molecule has 0 saturated heterocycles. The van der Waals surface area contributed by atoms with Crippen molar-refractivity contribution >= 4 is 27.5 Å². The standard InChI is InChI=1S/C46H28BrClO2/c47-41-27-39-40(28-42(41)48)46(32-21-11-4-12-22-32)38-26-36-35(25-37(38)45(39,50-46)31-19-9-3-10-20-31)43(29-15-5-1-6-16-29)33-23-13-14-24-34(33)44(36,49-43)30-17-7-2-8-18-30/h1-28H. The SMILES string of the molecule is Clc1cc2c(cc1Br)C1(c3ccccc3)OC2(c2ccccc2)c2cc3c(cc21)C1(c2ccccc2)OC3(c2ccccc2)c2ccccc21. The second kappa shape index (κ2) is 9.93. The minimum absolute atomic E-state index is 0.654. The van der Waals surface area contributed by atoms with Crippen molar-refractivity contribution in [3.63, 3.8) is 0 Å². The van der Waals surface area contributed by atoms with E-state index < -0.39 is 22.4 Å². The van der Waals surface area contributed by atoms with Crippen molar-refractivity contribution in [2.24, 2.45) is 0 Å². The van der Waals surface area contributed by atoms with Gasteiger partial charge in [0.15, 0.2) is 0 Å². The van der Waals surface area contributed by atoms with Crippen molar-refractivity contribution < 1.29 is 9.47 Å². The van der Waals surface area contributed by atoms with Crippen LogP contribution in [-0.2, 0) is 31.9 Å². The van der Waals surface area contributed by atoms with Crippen molar-refractivity contribution in [1.82, 2.24) is 0 Å². The molecular formula is C46H28BrClO2. The van der Waals surface area contributed by atoms with Gasteiger partial charge in [-0.05, 0) is 73.6 Å². The minimum atomic E-state index is -0.916. The van der Waals surface area contributed by atoms with E-state index in [0.29, 0.717) is 5.02 Å². The predicted molar refractivity (Wildman–Crippen MR) is 200 cm³/mol. The molecule has 11 rings (SSSR count). The first kappa shape index (κ1) is 29.0. The molecule has 0 aliphatic carbocycles. The summed E-state index contributed by atoms with van der Waals surface area (Å²) in [6.07, 6.45) is 0. The molecule has 4 atom stereocenters. The zero-order valence-electron chi connectivity index (χ0n) is 26.7. The Balaban J connectivity index is 1.33. The predicted octanol–water partition coefficient (Wildman–Crippen LogP) is 11.0. The molecule has 4 unspecified atom stereocenters. The summed E-state index contributed by atoms with van der Waals surface area (Å²) in [5, 5.41) is 0.654. The normalized spacial score (nSPS) is 26.0. The quantitative estimate of drug-likeness (QED) is 0.180. The number of benzene rings is 7. The van der Waals surface area contributed by atoms with Crippen LogP contribution in [0.15, 0.2) is 174 Å². The summed E-state index contributed by atoms with van der Waals surface area (Å²) in [6, 6.07) is 60.5.